The summed E-state index contributed by atoms with van der Waals surface area (Å²) in [7, 11) is 0. The van der Waals surface area contributed by atoms with E-state index in [4.69, 9.17) is 5.73 Å². The van der Waals surface area contributed by atoms with Gasteiger partial charge in [0.15, 0.2) is 0 Å². The molecule has 2 heterocycles. The minimum absolute atomic E-state index is 0.0607. The molecule has 1 amide bonds. The molecule has 1 fully saturated rings. The molecule has 2 aromatic carbocycles. The smallest absolute Gasteiger partial charge is 0.235 e. The molecule has 1 atom stereocenters. The predicted molar refractivity (Wildman–Crippen MR) is 114 cm³/mol. The van der Waals surface area contributed by atoms with Crippen molar-refractivity contribution < 1.29 is 4.79 Å². The molecule has 140 valence electrons. The van der Waals surface area contributed by atoms with E-state index in [1.165, 1.54) is 0 Å². The molecule has 0 bridgehead atoms. The Balaban J connectivity index is 1.32. The quantitative estimate of drug-likeness (QED) is 0.688. The van der Waals surface area contributed by atoms with Crippen molar-refractivity contribution in [3.8, 4) is 0 Å². The average molecular weight is 388 g/mol. The summed E-state index contributed by atoms with van der Waals surface area (Å²) in [6.07, 6.45) is 3.30. The highest BCUT2D eigenvalue weighted by Crippen LogP contribution is 2.49. The lowest BCUT2D eigenvalue weighted by Crippen LogP contribution is -2.35. The van der Waals surface area contributed by atoms with E-state index in [9.17, 15) is 4.79 Å². The second-order valence-corrected chi connectivity index (χ2v) is 8.12. The molecule has 0 radical (unpaired) electrons. The lowest BCUT2D eigenvalue weighted by Gasteiger charge is -2.29. The third-order valence-electron chi connectivity index (χ3n) is 5.53. The molecule has 1 aliphatic carbocycles. The number of rotatable bonds is 4. The molecule has 5 rings (SSSR count). The second kappa shape index (κ2) is 6.58. The van der Waals surface area contributed by atoms with Gasteiger partial charge < -0.3 is 16.0 Å². The molecule has 3 N–H and O–H groups in total. The van der Waals surface area contributed by atoms with Crippen LogP contribution in [0.15, 0.2) is 71.0 Å². The molecular formula is C22H20N4OS. The summed E-state index contributed by atoms with van der Waals surface area (Å²) in [5, 5.41) is 6.04. The van der Waals surface area contributed by atoms with Crippen molar-refractivity contribution in [2.75, 3.05) is 10.2 Å². The molecule has 1 aromatic heterocycles. The number of benzene rings is 2. The first-order valence-electron chi connectivity index (χ1n) is 9.30. The fourth-order valence-electron chi connectivity index (χ4n) is 3.70. The van der Waals surface area contributed by atoms with E-state index in [1.54, 1.807) is 17.7 Å². The van der Waals surface area contributed by atoms with E-state index < -0.39 is 0 Å². The lowest BCUT2D eigenvalue weighted by atomic mass is 9.95. The Hall–Kier alpha value is -2.96. The molecule has 5 nitrogen and oxygen atoms in total. The Kier molecular flexibility index (Phi) is 4.03. The van der Waals surface area contributed by atoms with Crippen LogP contribution in [0.4, 0.5) is 16.4 Å². The maximum atomic E-state index is 12.9. The number of hydrogen-bond donors (Lipinski definition) is 2. The van der Waals surface area contributed by atoms with Crippen molar-refractivity contribution in [3.63, 3.8) is 0 Å². The van der Waals surface area contributed by atoms with Crippen LogP contribution in [0.5, 0.6) is 0 Å². The van der Waals surface area contributed by atoms with Gasteiger partial charge in [0.05, 0.1) is 11.8 Å². The number of aliphatic imine (C=N–C) groups is 1. The molecule has 0 saturated heterocycles. The third-order valence-corrected chi connectivity index (χ3v) is 6.36. The van der Waals surface area contributed by atoms with Gasteiger partial charge in [-0.15, -0.1) is 11.3 Å². The monoisotopic (exact) mass is 388 g/mol. The number of carbonyl (C=O) groups is 1. The summed E-state index contributed by atoms with van der Waals surface area (Å²) in [5.74, 6) is 0.0607. The van der Waals surface area contributed by atoms with Crippen LogP contribution in [0.25, 0.3) is 0 Å². The van der Waals surface area contributed by atoms with Crippen LogP contribution in [0.3, 0.4) is 0 Å². The van der Waals surface area contributed by atoms with Crippen LogP contribution in [0.2, 0.25) is 0 Å². The minimum Gasteiger partial charge on any atom is -0.325 e. The van der Waals surface area contributed by atoms with Gasteiger partial charge in [-0.1, -0.05) is 30.3 Å². The van der Waals surface area contributed by atoms with Gasteiger partial charge in [0.25, 0.3) is 0 Å². The van der Waals surface area contributed by atoms with Gasteiger partial charge >= 0.3 is 0 Å². The Bertz CT molecular complexity index is 1040. The molecule has 0 spiro atoms. The number of fused-ring (bicyclic) bond motifs is 1. The van der Waals surface area contributed by atoms with Gasteiger partial charge in [-0.3, -0.25) is 4.79 Å². The number of hydrogen-bond acceptors (Lipinski definition) is 5. The van der Waals surface area contributed by atoms with E-state index in [1.807, 2.05) is 70.9 Å². The Morgan fingerprint density at radius 1 is 1.11 bits per heavy atom. The van der Waals surface area contributed by atoms with Gasteiger partial charge in [0.2, 0.25) is 5.91 Å². The molecule has 1 saturated carbocycles. The van der Waals surface area contributed by atoms with Crippen LogP contribution in [0, 0.1) is 0 Å². The topological polar surface area (TPSA) is 70.7 Å². The van der Waals surface area contributed by atoms with Crippen LogP contribution in [-0.4, -0.2) is 12.2 Å². The fraction of sp³-hybridized carbons (Fsp3) is 0.182. The summed E-state index contributed by atoms with van der Waals surface area (Å²) < 4.78 is 0. The van der Waals surface area contributed by atoms with Gasteiger partial charge in [0.1, 0.15) is 11.2 Å². The summed E-state index contributed by atoms with van der Waals surface area (Å²) in [6, 6.07) is 19.8. The van der Waals surface area contributed by atoms with Crippen LogP contribution in [0.1, 0.15) is 30.1 Å². The second-order valence-electron chi connectivity index (χ2n) is 7.23. The van der Waals surface area contributed by atoms with E-state index in [2.05, 4.69) is 10.3 Å². The SMILES string of the molecule is NC1c2ccsc2N=CN1c1ccc(NC(=O)C2(c3ccccc3)CC2)cc1. The normalized spacial score (nSPS) is 19.2. The highest BCUT2D eigenvalue weighted by Gasteiger charge is 2.51. The maximum Gasteiger partial charge on any atom is 0.235 e. The first-order valence-corrected chi connectivity index (χ1v) is 10.2. The van der Waals surface area contributed by atoms with Gasteiger partial charge in [-0.2, -0.15) is 0 Å². The van der Waals surface area contributed by atoms with Crippen LogP contribution < -0.4 is 16.0 Å². The lowest BCUT2D eigenvalue weighted by molar-refractivity contribution is -0.118. The highest BCUT2D eigenvalue weighted by molar-refractivity contribution is 7.14. The van der Waals surface area contributed by atoms with Gasteiger partial charge in [0, 0.05) is 16.9 Å². The number of carbonyl (C=O) groups excluding carboxylic acids is 1. The van der Waals surface area contributed by atoms with Crippen LogP contribution in [-0.2, 0) is 10.2 Å². The first-order chi connectivity index (χ1) is 13.7. The number of nitrogens with one attached hydrogen (secondary N) is 1. The van der Waals surface area contributed by atoms with Gasteiger partial charge in [-0.25, -0.2) is 4.99 Å². The summed E-state index contributed by atoms with van der Waals surface area (Å²) in [4.78, 5) is 19.3. The van der Waals surface area contributed by atoms with Crippen molar-refractivity contribution in [2.45, 2.75) is 24.4 Å². The Morgan fingerprint density at radius 2 is 1.86 bits per heavy atom. The van der Waals surface area contributed by atoms with E-state index in [0.29, 0.717) is 0 Å². The summed E-state index contributed by atoms with van der Waals surface area (Å²) >= 11 is 1.59. The Morgan fingerprint density at radius 3 is 2.57 bits per heavy atom. The molecular weight excluding hydrogens is 368 g/mol. The number of thiophene rings is 1. The standard InChI is InChI=1S/C22H20N4OS/c23-19-18-10-13-28-20(18)24-14-26(19)17-8-6-16(7-9-17)25-21(27)22(11-12-22)15-4-2-1-3-5-15/h1-10,13-14,19H,11-12,23H2,(H,25,27). The van der Waals surface area contributed by atoms with Crippen molar-refractivity contribution in [1.82, 2.24) is 0 Å². The molecule has 1 unspecified atom stereocenters. The van der Waals surface area contributed by atoms with E-state index in [0.717, 1.165) is 40.3 Å². The zero-order valence-corrected chi connectivity index (χ0v) is 16.0. The molecule has 6 heteroatoms. The summed E-state index contributed by atoms with van der Waals surface area (Å²) in [5.41, 5.74) is 9.86. The van der Waals surface area contributed by atoms with Crippen molar-refractivity contribution in [1.29, 1.82) is 0 Å². The van der Waals surface area contributed by atoms with E-state index in [-0.39, 0.29) is 17.5 Å². The number of nitrogens with zero attached hydrogens (tertiary/aromatic N) is 2. The van der Waals surface area contributed by atoms with Crippen molar-refractivity contribution in [2.24, 2.45) is 10.7 Å². The maximum absolute atomic E-state index is 12.9. The largest absolute Gasteiger partial charge is 0.325 e. The fourth-order valence-corrected chi connectivity index (χ4v) is 4.48. The first kappa shape index (κ1) is 17.2. The van der Waals surface area contributed by atoms with E-state index >= 15 is 0 Å². The number of amides is 1. The average Bonchev–Trinajstić information content (AvgIpc) is 3.41. The minimum atomic E-state index is -0.378. The zero-order chi connectivity index (χ0) is 19.1. The number of nitrogens with two attached hydrogens (primary N) is 1. The van der Waals surface area contributed by atoms with Crippen molar-refractivity contribution >= 4 is 40.0 Å². The molecule has 3 aromatic rings. The highest BCUT2D eigenvalue weighted by atomic mass is 32.1. The third kappa shape index (κ3) is 2.82. The van der Waals surface area contributed by atoms with Gasteiger partial charge in [-0.05, 0) is 54.1 Å². The number of anilines is 2. The Labute approximate surface area is 167 Å². The van der Waals surface area contributed by atoms with Crippen LogP contribution >= 0.6 is 11.3 Å². The predicted octanol–water partition coefficient (Wildman–Crippen LogP) is 4.56. The summed E-state index contributed by atoms with van der Waals surface area (Å²) in [6.45, 7) is 0. The van der Waals surface area contributed by atoms with Crippen molar-refractivity contribution in [3.05, 3.63) is 77.2 Å². The molecule has 2 aliphatic rings. The zero-order valence-electron chi connectivity index (χ0n) is 15.2. The molecule has 1 aliphatic heterocycles. The molecule has 28 heavy (non-hydrogen) atoms.